The largest absolute Gasteiger partial charge is 0.348 e. The highest BCUT2D eigenvalue weighted by Crippen LogP contribution is 2.23. The van der Waals surface area contributed by atoms with Gasteiger partial charge in [0.05, 0.1) is 12.2 Å². The van der Waals surface area contributed by atoms with Gasteiger partial charge >= 0.3 is 0 Å². The normalized spacial score (nSPS) is 11.4. The van der Waals surface area contributed by atoms with E-state index in [1.807, 2.05) is 6.92 Å². The van der Waals surface area contributed by atoms with E-state index in [0.29, 0.717) is 29.1 Å². The molecule has 1 aromatic carbocycles. The Bertz CT molecular complexity index is 1050. The first-order valence-corrected chi connectivity index (χ1v) is 8.38. The number of nitrogens with one attached hydrogen (secondary N) is 2. The molecule has 0 unspecified atom stereocenters. The molecule has 3 aromatic heterocycles. The average molecular weight is 415 g/mol. The number of benzene rings is 1. The van der Waals surface area contributed by atoms with Crippen LogP contribution in [0.5, 0.6) is 0 Å². The van der Waals surface area contributed by atoms with E-state index >= 15 is 0 Å². The van der Waals surface area contributed by atoms with Crippen molar-refractivity contribution >= 4 is 30.0 Å². The molecule has 29 heavy (non-hydrogen) atoms. The van der Waals surface area contributed by atoms with Gasteiger partial charge in [0.2, 0.25) is 18.2 Å². The van der Waals surface area contributed by atoms with Gasteiger partial charge in [0.25, 0.3) is 0 Å². The van der Waals surface area contributed by atoms with Crippen molar-refractivity contribution in [2.45, 2.75) is 13.0 Å². The number of hydrogen-bond donors (Lipinski definition) is 2. The van der Waals surface area contributed by atoms with E-state index in [1.165, 1.54) is 18.5 Å². The van der Waals surface area contributed by atoms with Gasteiger partial charge < -0.3 is 15.2 Å². The van der Waals surface area contributed by atoms with E-state index in [-0.39, 0.29) is 24.3 Å². The van der Waals surface area contributed by atoms with E-state index in [1.54, 1.807) is 36.8 Å². The number of anilines is 3. The second-order valence-electron chi connectivity index (χ2n) is 5.85. The summed E-state index contributed by atoms with van der Waals surface area (Å²) >= 11 is 0. The zero-order valence-electron chi connectivity index (χ0n) is 15.2. The zero-order valence-corrected chi connectivity index (χ0v) is 16.0. The van der Waals surface area contributed by atoms with Crippen molar-refractivity contribution in [3.05, 3.63) is 66.7 Å². The Morgan fingerprint density at radius 3 is 2.55 bits per heavy atom. The van der Waals surface area contributed by atoms with Gasteiger partial charge in [-0.1, -0.05) is 17.3 Å². The van der Waals surface area contributed by atoms with Crippen LogP contribution in [0.2, 0.25) is 0 Å². The molecule has 4 rings (SSSR count). The first kappa shape index (κ1) is 20.1. The summed E-state index contributed by atoms with van der Waals surface area (Å²) in [6, 6.07) is 7.73. The number of nitrogens with zero attached hydrogens (tertiary/aromatic N) is 6. The smallest absolute Gasteiger partial charge is 0.225 e. The van der Waals surface area contributed by atoms with E-state index < -0.39 is 0 Å². The van der Waals surface area contributed by atoms with Crippen molar-refractivity contribution in [3.63, 3.8) is 0 Å². The van der Waals surface area contributed by atoms with E-state index in [0.717, 1.165) is 5.56 Å². The molecule has 3 heterocycles. The second kappa shape index (κ2) is 9.02. The molecule has 0 spiro atoms. The fourth-order valence-electron chi connectivity index (χ4n) is 2.50. The maximum atomic E-state index is 13.2. The maximum absolute atomic E-state index is 13.2. The summed E-state index contributed by atoms with van der Waals surface area (Å²) in [5.74, 6) is 1.37. The number of hydrogen-bond acceptors (Lipinski definition) is 9. The summed E-state index contributed by atoms with van der Waals surface area (Å²) in [5.41, 5.74) is 1.35. The quantitative estimate of drug-likeness (QED) is 0.486. The summed E-state index contributed by atoms with van der Waals surface area (Å²) in [5, 5.41) is 10.1. The van der Waals surface area contributed by atoms with Crippen LogP contribution in [0.3, 0.4) is 0 Å². The standard InChI is InChI=1S/C18H15FN8O.ClH/c1-11(12-2-4-13(19)5-3-12)23-18-24-14(17-22-10-28-27-17)8-15(26-18)25-16-9-20-6-7-21-16;/h2-11H,1H3,(H2,21,23,24,25,26);1H/t11-;/m0./s1. The fourth-order valence-corrected chi connectivity index (χ4v) is 2.50. The number of halogens is 2. The van der Waals surface area contributed by atoms with Crippen LogP contribution in [0.15, 0.2) is 59.8 Å². The zero-order chi connectivity index (χ0) is 19.3. The lowest BCUT2D eigenvalue weighted by Crippen LogP contribution is -2.11. The lowest BCUT2D eigenvalue weighted by Gasteiger charge is -2.15. The number of aromatic nitrogens is 6. The molecular formula is C18H16ClFN8O. The Morgan fingerprint density at radius 2 is 1.86 bits per heavy atom. The monoisotopic (exact) mass is 414 g/mol. The molecule has 0 aliphatic rings. The van der Waals surface area contributed by atoms with E-state index in [2.05, 4.69) is 40.7 Å². The Labute approximate surface area is 171 Å². The molecule has 0 amide bonds. The predicted molar refractivity (Wildman–Crippen MR) is 106 cm³/mol. The molecular weight excluding hydrogens is 399 g/mol. The first-order valence-electron chi connectivity index (χ1n) is 8.38. The van der Waals surface area contributed by atoms with Crippen molar-refractivity contribution in [1.29, 1.82) is 0 Å². The summed E-state index contributed by atoms with van der Waals surface area (Å²) in [4.78, 5) is 21.1. The van der Waals surface area contributed by atoms with Crippen LogP contribution >= 0.6 is 12.4 Å². The lowest BCUT2D eigenvalue weighted by molar-refractivity contribution is 0.418. The van der Waals surface area contributed by atoms with Crippen LogP contribution in [0.1, 0.15) is 18.5 Å². The molecule has 0 aliphatic heterocycles. The van der Waals surface area contributed by atoms with Crippen molar-refractivity contribution < 1.29 is 8.91 Å². The average Bonchev–Trinajstić information content (AvgIpc) is 3.24. The summed E-state index contributed by atoms with van der Waals surface area (Å²) in [6.45, 7) is 1.92. The predicted octanol–water partition coefficient (Wildman–Crippen LogP) is 3.79. The summed E-state index contributed by atoms with van der Waals surface area (Å²) in [7, 11) is 0. The molecule has 0 saturated carbocycles. The molecule has 4 aromatic rings. The van der Waals surface area contributed by atoms with Gasteiger partial charge in [-0.15, -0.1) is 12.4 Å². The third kappa shape index (κ3) is 4.99. The van der Waals surface area contributed by atoms with Crippen LogP contribution in [-0.2, 0) is 0 Å². The Balaban J connectivity index is 0.00000240. The highest BCUT2D eigenvalue weighted by Gasteiger charge is 2.13. The van der Waals surface area contributed by atoms with Gasteiger partial charge in [0.1, 0.15) is 23.1 Å². The van der Waals surface area contributed by atoms with Gasteiger partial charge in [0.15, 0.2) is 0 Å². The Morgan fingerprint density at radius 1 is 1.03 bits per heavy atom. The van der Waals surface area contributed by atoms with Gasteiger partial charge in [-0.05, 0) is 24.6 Å². The third-order valence-electron chi connectivity index (χ3n) is 3.85. The van der Waals surface area contributed by atoms with Crippen molar-refractivity contribution in [2.24, 2.45) is 0 Å². The van der Waals surface area contributed by atoms with Gasteiger partial charge in [-0.25, -0.2) is 14.4 Å². The van der Waals surface area contributed by atoms with Gasteiger partial charge in [-0.2, -0.15) is 9.97 Å². The van der Waals surface area contributed by atoms with Crippen molar-refractivity contribution in [3.8, 4) is 11.5 Å². The van der Waals surface area contributed by atoms with Crippen LogP contribution in [-0.4, -0.2) is 30.1 Å². The van der Waals surface area contributed by atoms with E-state index in [9.17, 15) is 4.39 Å². The lowest BCUT2D eigenvalue weighted by atomic mass is 10.1. The summed E-state index contributed by atoms with van der Waals surface area (Å²) < 4.78 is 18.0. The molecule has 2 N–H and O–H groups in total. The highest BCUT2D eigenvalue weighted by molar-refractivity contribution is 5.85. The van der Waals surface area contributed by atoms with Crippen LogP contribution in [0.4, 0.5) is 22.0 Å². The second-order valence-corrected chi connectivity index (χ2v) is 5.85. The topological polar surface area (TPSA) is 115 Å². The van der Waals surface area contributed by atoms with Crippen LogP contribution in [0.25, 0.3) is 11.5 Å². The van der Waals surface area contributed by atoms with Crippen LogP contribution in [0, 0.1) is 5.82 Å². The molecule has 0 saturated heterocycles. The van der Waals surface area contributed by atoms with Crippen LogP contribution < -0.4 is 10.6 Å². The van der Waals surface area contributed by atoms with Gasteiger partial charge in [0, 0.05) is 18.5 Å². The summed E-state index contributed by atoms with van der Waals surface area (Å²) in [6.07, 6.45) is 5.94. The molecule has 0 radical (unpaired) electrons. The molecule has 0 aliphatic carbocycles. The molecule has 9 nitrogen and oxygen atoms in total. The Hall–Kier alpha value is -3.66. The fraction of sp³-hybridized carbons (Fsp3) is 0.111. The van der Waals surface area contributed by atoms with E-state index in [4.69, 9.17) is 4.52 Å². The first-order chi connectivity index (χ1) is 13.7. The maximum Gasteiger partial charge on any atom is 0.225 e. The molecule has 148 valence electrons. The van der Waals surface area contributed by atoms with Crippen molar-refractivity contribution in [2.75, 3.05) is 10.6 Å². The van der Waals surface area contributed by atoms with Crippen molar-refractivity contribution in [1.82, 2.24) is 30.1 Å². The number of rotatable bonds is 6. The Kier molecular flexibility index (Phi) is 6.25. The molecule has 11 heteroatoms. The molecule has 0 fully saturated rings. The highest BCUT2D eigenvalue weighted by atomic mass is 35.5. The SMILES string of the molecule is C[C@H](Nc1nc(Nc2cnccn2)cc(-c2ncon2)n1)c1ccc(F)cc1.Cl. The van der Waals surface area contributed by atoms with Gasteiger partial charge in [-0.3, -0.25) is 4.98 Å². The minimum absolute atomic E-state index is 0. The molecule has 0 bridgehead atoms. The third-order valence-corrected chi connectivity index (χ3v) is 3.85. The minimum Gasteiger partial charge on any atom is -0.348 e. The minimum atomic E-state index is -0.290. The molecule has 1 atom stereocenters.